The van der Waals surface area contributed by atoms with Crippen LogP contribution in [0.3, 0.4) is 0 Å². The van der Waals surface area contributed by atoms with Crippen molar-refractivity contribution in [3.63, 3.8) is 0 Å². The predicted octanol–water partition coefficient (Wildman–Crippen LogP) is 4.00. The van der Waals surface area contributed by atoms with Gasteiger partial charge in [-0.25, -0.2) is 0 Å². The number of piperazine rings is 1. The zero-order chi connectivity index (χ0) is 13.9. The first kappa shape index (κ1) is 14.3. The Bertz CT molecular complexity index is 555. The third-order valence-electron chi connectivity index (χ3n) is 3.86. The normalized spacial score (nSPS) is 21.2. The Balaban J connectivity index is 1.80. The van der Waals surface area contributed by atoms with E-state index < -0.39 is 0 Å². The van der Waals surface area contributed by atoms with Crippen LogP contribution >= 0.6 is 27.3 Å². The topological polar surface area (TPSA) is 6.48 Å². The van der Waals surface area contributed by atoms with Crippen LogP contribution in [0.5, 0.6) is 0 Å². The SMILES string of the molecule is CN1CCN(Cc2cc(Br)cs2)C(c2ccccc2)C1. The van der Waals surface area contributed by atoms with Gasteiger partial charge in [0.05, 0.1) is 0 Å². The van der Waals surface area contributed by atoms with Gasteiger partial charge in [-0.15, -0.1) is 11.3 Å². The average molecular weight is 351 g/mol. The number of hydrogen-bond donors (Lipinski definition) is 0. The van der Waals surface area contributed by atoms with E-state index in [0.29, 0.717) is 6.04 Å². The first-order chi connectivity index (χ1) is 9.72. The molecule has 2 aromatic rings. The minimum atomic E-state index is 0.496. The summed E-state index contributed by atoms with van der Waals surface area (Å²) in [5, 5.41) is 2.17. The quantitative estimate of drug-likeness (QED) is 0.825. The van der Waals surface area contributed by atoms with Crippen molar-refractivity contribution in [3.05, 3.63) is 56.7 Å². The molecule has 4 heteroatoms. The number of thiophene rings is 1. The Hall–Kier alpha value is -0.680. The molecule has 0 aliphatic carbocycles. The van der Waals surface area contributed by atoms with Crippen molar-refractivity contribution in [1.29, 1.82) is 0 Å². The lowest BCUT2D eigenvalue weighted by Gasteiger charge is -2.40. The summed E-state index contributed by atoms with van der Waals surface area (Å²) in [4.78, 5) is 6.47. The van der Waals surface area contributed by atoms with E-state index in [-0.39, 0.29) is 0 Å². The molecule has 0 spiro atoms. The molecule has 20 heavy (non-hydrogen) atoms. The summed E-state index contributed by atoms with van der Waals surface area (Å²) < 4.78 is 1.20. The van der Waals surface area contributed by atoms with Crippen molar-refractivity contribution < 1.29 is 0 Å². The second-order valence-electron chi connectivity index (χ2n) is 5.39. The molecule has 1 unspecified atom stereocenters. The van der Waals surface area contributed by atoms with Crippen molar-refractivity contribution in [2.75, 3.05) is 26.7 Å². The molecule has 0 N–H and O–H groups in total. The van der Waals surface area contributed by atoms with E-state index in [1.807, 2.05) is 11.3 Å². The summed E-state index contributed by atoms with van der Waals surface area (Å²) in [7, 11) is 2.22. The lowest BCUT2D eigenvalue weighted by molar-refractivity contribution is 0.0843. The predicted molar refractivity (Wildman–Crippen MR) is 89.1 cm³/mol. The Morgan fingerprint density at radius 2 is 2.05 bits per heavy atom. The first-order valence-corrected chi connectivity index (χ1v) is 8.60. The Morgan fingerprint density at radius 1 is 1.25 bits per heavy atom. The Morgan fingerprint density at radius 3 is 2.75 bits per heavy atom. The van der Waals surface area contributed by atoms with Gasteiger partial charge in [0.1, 0.15) is 0 Å². The number of likely N-dealkylation sites (N-methyl/N-ethyl adjacent to an activating group) is 1. The molecule has 0 bridgehead atoms. The summed E-state index contributed by atoms with van der Waals surface area (Å²) in [6, 6.07) is 13.6. The fourth-order valence-electron chi connectivity index (χ4n) is 2.77. The monoisotopic (exact) mass is 350 g/mol. The highest BCUT2D eigenvalue weighted by atomic mass is 79.9. The molecule has 1 fully saturated rings. The molecular formula is C16H19BrN2S. The molecule has 1 aromatic carbocycles. The van der Waals surface area contributed by atoms with E-state index in [0.717, 1.165) is 26.2 Å². The third kappa shape index (κ3) is 3.31. The van der Waals surface area contributed by atoms with E-state index >= 15 is 0 Å². The summed E-state index contributed by atoms with van der Waals surface area (Å²) >= 11 is 5.39. The lowest BCUT2D eigenvalue weighted by atomic mass is 10.0. The Kier molecular flexibility index (Phi) is 4.56. The maximum absolute atomic E-state index is 3.55. The zero-order valence-corrected chi connectivity index (χ0v) is 14.0. The molecule has 2 nitrogen and oxygen atoms in total. The largest absolute Gasteiger partial charge is 0.303 e. The minimum Gasteiger partial charge on any atom is -0.303 e. The summed E-state index contributed by atoms with van der Waals surface area (Å²) in [5.74, 6) is 0. The van der Waals surface area contributed by atoms with Gasteiger partial charge in [0.25, 0.3) is 0 Å². The summed E-state index contributed by atoms with van der Waals surface area (Å²) in [6.07, 6.45) is 0. The van der Waals surface area contributed by atoms with Crippen LogP contribution in [0.1, 0.15) is 16.5 Å². The standard InChI is InChI=1S/C16H19BrN2S/c1-18-7-8-19(10-15-9-14(17)12-20-15)16(11-18)13-5-3-2-4-6-13/h2-6,9,12,16H,7-8,10-11H2,1H3. The Labute approximate surface area is 133 Å². The van der Waals surface area contributed by atoms with E-state index in [9.17, 15) is 0 Å². The van der Waals surface area contributed by atoms with Crippen molar-refractivity contribution >= 4 is 27.3 Å². The highest BCUT2D eigenvalue weighted by Gasteiger charge is 2.26. The van der Waals surface area contributed by atoms with Gasteiger partial charge in [-0.1, -0.05) is 30.3 Å². The van der Waals surface area contributed by atoms with E-state index in [1.54, 1.807) is 0 Å². The molecule has 1 saturated heterocycles. The van der Waals surface area contributed by atoms with Crippen LogP contribution in [0.25, 0.3) is 0 Å². The molecule has 0 saturated carbocycles. The molecule has 1 aliphatic rings. The first-order valence-electron chi connectivity index (χ1n) is 6.93. The van der Waals surface area contributed by atoms with Crippen LogP contribution in [0, 0.1) is 0 Å². The number of benzene rings is 1. The van der Waals surface area contributed by atoms with Crippen molar-refractivity contribution in [3.8, 4) is 0 Å². The second-order valence-corrected chi connectivity index (χ2v) is 7.30. The molecule has 1 aliphatic heterocycles. The second kappa shape index (κ2) is 6.39. The van der Waals surface area contributed by atoms with Gasteiger partial charge in [0, 0.05) is 47.0 Å². The van der Waals surface area contributed by atoms with Gasteiger partial charge in [-0.05, 0) is 34.6 Å². The van der Waals surface area contributed by atoms with Crippen LogP contribution in [0.4, 0.5) is 0 Å². The molecule has 1 aromatic heterocycles. The summed E-state index contributed by atoms with van der Waals surface area (Å²) in [6.45, 7) is 4.43. The van der Waals surface area contributed by atoms with Gasteiger partial charge in [0.15, 0.2) is 0 Å². The smallest absolute Gasteiger partial charge is 0.0479 e. The van der Waals surface area contributed by atoms with Crippen LogP contribution in [-0.4, -0.2) is 36.5 Å². The molecule has 3 rings (SSSR count). The molecule has 1 atom stereocenters. The van der Waals surface area contributed by atoms with Crippen LogP contribution < -0.4 is 0 Å². The minimum absolute atomic E-state index is 0.496. The number of rotatable bonds is 3. The zero-order valence-electron chi connectivity index (χ0n) is 11.6. The number of nitrogens with zero attached hydrogens (tertiary/aromatic N) is 2. The van der Waals surface area contributed by atoms with Crippen molar-refractivity contribution in [2.45, 2.75) is 12.6 Å². The van der Waals surface area contributed by atoms with Crippen molar-refractivity contribution in [1.82, 2.24) is 9.80 Å². The van der Waals surface area contributed by atoms with Gasteiger partial charge in [-0.3, -0.25) is 4.90 Å². The van der Waals surface area contributed by atoms with Gasteiger partial charge in [-0.2, -0.15) is 0 Å². The van der Waals surface area contributed by atoms with Gasteiger partial charge < -0.3 is 4.90 Å². The molecule has 2 heterocycles. The fourth-order valence-corrected chi connectivity index (χ4v) is 4.25. The fraction of sp³-hybridized carbons (Fsp3) is 0.375. The van der Waals surface area contributed by atoms with Crippen LogP contribution in [-0.2, 0) is 6.54 Å². The van der Waals surface area contributed by atoms with E-state index in [2.05, 4.69) is 74.6 Å². The lowest BCUT2D eigenvalue weighted by Crippen LogP contribution is -2.46. The average Bonchev–Trinajstić information content (AvgIpc) is 2.87. The number of hydrogen-bond acceptors (Lipinski definition) is 3. The van der Waals surface area contributed by atoms with E-state index in [1.165, 1.54) is 14.9 Å². The van der Waals surface area contributed by atoms with Crippen molar-refractivity contribution in [2.24, 2.45) is 0 Å². The third-order valence-corrected chi connectivity index (χ3v) is 5.54. The summed E-state index contributed by atoms with van der Waals surface area (Å²) in [5.41, 5.74) is 1.43. The molecule has 0 radical (unpaired) electrons. The molecule has 106 valence electrons. The highest BCUT2D eigenvalue weighted by Crippen LogP contribution is 2.29. The molecular weight excluding hydrogens is 332 g/mol. The van der Waals surface area contributed by atoms with Gasteiger partial charge in [0.2, 0.25) is 0 Å². The van der Waals surface area contributed by atoms with Crippen LogP contribution in [0.2, 0.25) is 0 Å². The van der Waals surface area contributed by atoms with Crippen LogP contribution in [0.15, 0.2) is 46.3 Å². The maximum Gasteiger partial charge on any atom is 0.0479 e. The van der Waals surface area contributed by atoms with Gasteiger partial charge >= 0.3 is 0 Å². The maximum atomic E-state index is 3.55. The highest BCUT2D eigenvalue weighted by molar-refractivity contribution is 9.10. The molecule has 0 amide bonds. The number of halogens is 1. The van der Waals surface area contributed by atoms with E-state index in [4.69, 9.17) is 0 Å².